The maximum absolute atomic E-state index is 12.2. The Morgan fingerprint density at radius 2 is 1.70 bits per heavy atom. The van der Waals surface area contributed by atoms with Crippen molar-refractivity contribution >= 4 is 17.7 Å². The number of anilines is 1. The summed E-state index contributed by atoms with van der Waals surface area (Å²) in [5, 5.41) is 10.8. The van der Waals surface area contributed by atoms with Crippen molar-refractivity contribution in [2.45, 2.75) is 12.5 Å². The largest absolute Gasteiger partial charge is 0.464 e. The summed E-state index contributed by atoms with van der Waals surface area (Å²) in [7, 11) is 2.58. The summed E-state index contributed by atoms with van der Waals surface area (Å²) in [4.78, 5) is 23.5. The van der Waals surface area contributed by atoms with E-state index in [0.29, 0.717) is 23.4 Å². The SMILES string of the molecule is COC(=O)Nc1ccc(-c2cc(CC(N)c3ccccc3)nnc2C(=O)OC)cc1. The first-order chi connectivity index (χ1) is 14.5. The Morgan fingerprint density at radius 1 is 1.00 bits per heavy atom. The second kappa shape index (κ2) is 9.62. The van der Waals surface area contributed by atoms with E-state index in [9.17, 15) is 9.59 Å². The lowest BCUT2D eigenvalue weighted by Crippen LogP contribution is -2.16. The molecule has 3 aromatic rings. The Hall–Kier alpha value is -3.78. The van der Waals surface area contributed by atoms with Crippen LogP contribution < -0.4 is 11.1 Å². The molecule has 0 spiro atoms. The van der Waals surface area contributed by atoms with E-state index in [1.54, 1.807) is 30.3 Å². The van der Waals surface area contributed by atoms with Gasteiger partial charge in [0.1, 0.15) is 0 Å². The number of hydrogen-bond donors (Lipinski definition) is 2. The Balaban J connectivity index is 1.92. The molecule has 30 heavy (non-hydrogen) atoms. The van der Waals surface area contributed by atoms with Crippen LogP contribution in [0, 0.1) is 0 Å². The highest BCUT2D eigenvalue weighted by Crippen LogP contribution is 2.26. The minimum absolute atomic E-state index is 0.100. The van der Waals surface area contributed by atoms with Crippen LogP contribution in [-0.2, 0) is 15.9 Å². The van der Waals surface area contributed by atoms with Gasteiger partial charge in [-0.1, -0.05) is 42.5 Å². The van der Waals surface area contributed by atoms with E-state index in [1.807, 2.05) is 30.3 Å². The van der Waals surface area contributed by atoms with Crippen molar-refractivity contribution in [2.24, 2.45) is 5.73 Å². The molecule has 1 aromatic heterocycles. The van der Waals surface area contributed by atoms with Gasteiger partial charge in [-0.15, -0.1) is 5.10 Å². The highest BCUT2D eigenvalue weighted by Gasteiger charge is 2.18. The average molecular weight is 406 g/mol. The second-order valence-electron chi connectivity index (χ2n) is 6.50. The van der Waals surface area contributed by atoms with E-state index in [-0.39, 0.29) is 11.7 Å². The highest BCUT2D eigenvalue weighted by molar-refractivity contribution is 5.95. The van der Waals surface area contributed by atoms with Crippen LogP contribution in [0.3, 0.4) is 0 Å². The molecule has 2 aromatic carbocycles. The fraction of sp³-hybridized carbons (Fsp3) is 0.182. The molecule has 0 bridgehead atoms. The minimum Gasteiger partial charge on any atom is -0.464 e. The first kappa shape index (κ1) is 20.9. The monoisotopic (exact) mass is 406 g/mol. The van der Waals surface area contributed by atoms with E-state index in [0.717, 1.165) is 11.1 Å². The number of carbonyl (C=O) groups excluding carboxylic acids is 2. The summed E-state index contributed by atoms with van der Waals surface area (Å²) >= 11 is 0. The van der Waals surface area contributed by atoms with Gasteiger partial charge in [0.05, 0.1) is 19.9 Å². The number of rotatable bonds is 6. The number of benzene rings is 2. The summed E-state index contributed by atoms with van der Waals surface area (Å²) in [6, 6.07) is 18.1. The number of nitrogens with two attached hydrogens (primary N) is 1. The number of aromatic nitrogens is 2. The third kappa shape index (κ3) is 4.98. The molecule has 1 heterocycles. The smallest absolute Gasteiger partial charge is 0.411 e. The van der Waals surface area contributed by atoms with Crippen molar-refractivity contribution in [3.8, 4) is 11.1 Å². The molecule has 8 nitrogen and oxygen atoms in total. The van der Waals surface area contributed by atoms with E-state index in [2.05, 4.69) is 20.3 Å². The topological polar surface area (TPSA) is 116 Å². The van der Waals surface area contributed by atoms with Gasteiger partial charge in [-0.3, -0.25) is 5.32 Å². The predicted molar refractivity (Wildman–Crippen MR) is 112 cm³/mol. The Kier molecular flexibility index (Phi) is 6.71. The third-order valence-electron chi connectivity index (χ3n) is 4.51. The molecule has 3 rings (SSSR count). The molecule has 0 saturated heterocycles. The molecule has 0 aliphatic heterocycles. The molecule has 1 unspecified atom stereocenters. The lowest BCUT2D eigenvalue weighted by molar-refractivity contribution is 0.0593. The van der Waals surface area contributed by atoms with E-state index >= 15 is 0 Å². The molecule has 154 valence electrons. The van der Waals surface area contributed by atoms with Crippen LogP contribution in [0.1, 0.15) is 27.8 Å². The number of methoxy groups -OCH3 is 2. The lowest BCUT2D eigenvalue weighted by Gasteiger charge is -2.13. The number of carbonyl (C=O) groups is 2. The summed E-state index contributed by atoms with van der Waals surface area (Å²) < 4.78 is 9.42. The quantitative estimate of drug-likeness (QED) is 0.603. The molecule has 0 fully saturated rings. The van der Waals surface area contributed by atoms with Crippen molar-refractivity contribution in [3.63, 3.8) is 0 Å². The second-order valence-corrected chi connectivity index (χ2v) is 6.50. The highest BCUT2D eigenvalue weighted by atomic mass is 16.5. The predicted octanol–water partition coefficient (Wildman–Crippen LogP) is 3.35. The van der Waals surface area contributed by atoms with Gasteiger partial charge in [-0.05, 0) is 29.3 Å². The van der Waals surface area contributed by atoms with Crippen molar-refractivity contribution in [2.75, 3.05) is 19.5 Å². The van der Waals surface area contributed by atoms with Gasteiger partial charge in [0, 0.05) is 23.7 Å². The molecule has 3 N–H and O–H groups in total. The molecule has 8 heteroatoms. The average Bonchev–Trinajstić information content (AvgIpc) is 2.79. The molecule has 0 radical (unpaired) electrons. The molecule has 1 amide bonds. The molecule has 0 aliphatic carbocycles. The summed E-state index contributed by atoms with van der Waals surface area (Å²) in [5.74, 6) is -0.590. The Labute approximate surface area is 174 Å². The zero-order chi connectivity index (χ0) is 21.5. The first-order valence-corrected chi connectivity index (χ1v) is 9.22. The van der Waals surface area contributed by atoms with Crippen LogP contribution in [-0.4, -0.2) is 36.5 Å². The number of ether oxygens (including phenoxy) is 2. The van der Waals surface area contributed by atoms with Gasteiger partial charge in [0.15, 0.2) is 5.69 Å². The number of hydrogen-bond acceptors (Lipinski definition) is 7. The zero-order valence-corrected chi connectivity index (χ0v) is 16.7. The van der Waals surface area contributed by atoms with Crippen LogP contribution in [0.5, 0.6) is 0 Å². The fourth-order valence-corrected chi connectivity index (χ4v) is 2.94. The number of nitrogens with zero attached hydrogens (tertiary/aromatic N) is 2. The van der Waals surface area contributed by atoms with Crippen LogP contribution in [0.15, 0.2) is 60.7 Å². The van der Waals surface area contributed by atoms with E-state index in [4.69, 9.17) is 10.5 Å². The number of nitrogens with one attached hydrogen (secondary N) is 1. The van der Waals surface area contributed by atoms with Gasteiger partial charge >= 0.3 is 12.1 Å². The first-order valence-electron chi connectivity index (χ1n) is 9.22. The Morgan fingerprint density at radius 3 is 2.33 bits per heavy atom. The fourth-order valence-electron chi connectivity index (χ4n) is 2.94. The van der Waals surface area contributed by atoms with Crippen LogP contribution in [0.25, 0.3) is 11.1 Å². The van der Waals surface area contributed by atoms with Crippen LogP contribution >= 0.6 is 0 Å². The van der Waals surface area contributed by atoms with Crippen molar-refractivity contribution in [1.82, 2.24) is 10.2 Å². The maximum Gasteiger partial charge on any atom is 0.411 e. The van der Waals surface area contributed by atoms with Crippen LogP contribution in [0.4, 0.5) is 10.5 Å². The molecule has 1 atom stereocenters. The number of amides is 1. The van der Waals surface area contributed by atoms with Crippen molar-refractivity contribution < 1.29 is 19.1 Å². The van der Waals surface area contributed by atoms with Gasteiger partial charge in [-0.2, -0.15) is 5.10 Å². The van der Waals surface area contributed by atoms with Crippen molar-refractivity contribution in [3.05, 3.63) is 77.6 Å². The van der Waals surface area contributed by atoms with Gasteiger partial charge in [0.25, 0.3) is 0 Å². The van der Waals surface area contributed by atoms with Crippen molar-refractivity contribution in [1.29, 1.82) is 0 Å². The molecular weight excluding hydrogens is 384 g/mol. The van der Waals surface area contributed by atoms with E-state index in [1.165, 1.54) is 14.2 Å². The summed E-state index contributed by atoms with van der Waals surface area (Å²) in [5.41, 5.74) is 9.87. The van der Waals surface area contributed by atoms with Gasteiger partial charge in [0.2, 0.25) is 0 Å². The Bertz CT molecular complexity index is 1020. The maximum atomic E-state index is 12.2. The lowest BCUT2D eigenvalue weighted by atomic mass is 9.99. The van der Waals surface area contributed by atoms with Gasteiger partial charge in [-0.25, -0.2) is 9.59 Å². The standard InChI is InChI=1S/C22H22N4O4/c1-29-21(27)20-18(14-8-10-16(11-9-14)24-22(28)30-2)12-17(25-26-20)13-19(23)15-6-4-3-5-7-15/h3-12,19H,13,23H2,1-2H3,(H,24,28). The normalized spacial score (nSPS) is 11.4. The van der Waals surface area contributed by atoms with E-state index < -0.39 is 12.1 Å². The van der Waals surface area contributed by atoms with Gasteiger partial charge < -0.3 is 15.2 Å². The summed E-state index contributed by atoms with van der Waals surface area (Å²) in [6.45, 7) is 0. The number of esters is 1. The summed E-state index contributed by atoms with van der Waals surface area (Å²) in [6.07, 6.45) is -0.117. The van der Waals surface area contributed by atoms with Crippen LogP contribution in [0.2, 0.25) is 0 Å². The molecule has 0 saturated carbocycles. The zero-order valence-electron chi connectivity index (χ0n) is 16.7. The molecule has 0 aliphatic rings. The minimum atomic E-state index is -0.590. The third-order valence-corrected chi connectivity index (χ3v) is 4.51. The molecular formula is C22H22N4O4.